The van der Waals surface area contributed by atoms with Gasteiger partial charge in [-0.25, -0.2) is 13.2 Å². The van der Waals surface area contributed by atoms with E-state index in [0.717, 1.165) is 5.56 Å². The fourth-order valence-corrected chi connectivity index (χ4v) is 2.05. The molecule has 0 spiro atoms. The monoisotopic (exact) mass is 258 g/mol. The van der Waals surface area contributed by atoms with Crippen molar-refractivity contribution in [2.45, 2.75) is 11.8 Å². The summed E-state index contributed by atoms with van der Waals surface area (Å²) in [5, 5.41) is 13.9. The second kappa shape index (κ2) is 6.70. The van der Waals surface area contributed by atoms with Gasteiger partial charge < -0.3 is 10.2 Å². The van der Waals surface area contributed by atoms with Crippen molar-refractivity contribution in [3.8, 4) is 0 Å². The van der Waals surface area contributed by atoms with Crippen molar-refractivity contribution in [1.82, 2.24) is 0 Å². The van der Waals surface area contributed by atoms with Gasteiger partial charge in [0.25, 0.3) is 0 Å². The van der Waals surface area contributed by atoms with Crippen LogP contribution in [0.1, 0.15) is 5.56 Å². The summed E-state index contributed by atoms with van der Waals surface area (Å²) < 4.78 is 22.9. The molecule has 17 heavy (non-hydrogen) atoms. The average Bonchev–Trinajstić information content (AvgIpc) is 2.17. The van der Waals surface area contributed by atoms with Gasteiger partial charge >= 0.3 is 6.16 Å². The second-order valence-corrected chi connectivity index (χ2v) is 5.20. The zero-order chi connectivity index (χ0) is 13.5. The van der Waals surface area contributed by atoms with Gasteiger partial charge in [-0.1, -0.05) is 23.8 Å². The van der Waals surface area contributed by atoms with Crippen LogP contribution < -0.4 is 0 Å². The maximum absolute atomic E-state index is 11.5. The van der Waals surface area contributed by atoms with Crippen LogP contribution in [0.5, 0.6) is 0 Å². The van der Waals surface area contributed by atoms with Crippen molar-refractivity contribution < 1.29 is 23.4 Å². The number of hydrogen-bond acceptors (Lipinski definition) is 3. The van der Waals surface area contributed by atoms with Crippen LogP contribution in [0.4, 0.5) is 4.79 Å². The Bertz CT molecular complexity index is 469. The summed E-state index contributed by atoms with van der Waals surface area (Å²) in [4.78, 5) is 8.91. The lowest BCUT2D eigenvalue weighted by atomic mass is 10.2. The quantitative estimate of drug-likeness (QED) is 0.811. The van der Waals surface area contributed by atoms with Crippen molar-refractivity contribution >= 4 is 16.0 Å². The first-order valence-corrected chi connectivity index (χ1v) is 6.27. The number of benzene rings is 1. The molecule has 0 radical (unpaired) electrons. The summed E-state index contributed by atoms with van der Waals surface area (Å²) >= 11 is 0. The Hall–Kier alpha value is -1.82. The van der Waals surface area contributed by atoms with E-state index in [-0.39, 0.29) is 5.75 Å². The van der Waals surface area contributed by atoms with Crippen LogP contribution in [0.2, 0.25) is 0 Å². The molecular weight excluding hydrogens is 244 g/mol. The summed E-state index contributed by atoms with van der Waals surface area (Å²) in [6.07, 6.45) is -0.435. The molecule has 0 aromatic heterocycles. The zero-order valence-corrected chi connectivity index (χ0v) is 10.1. The highest BCUT2D eigenvalue weighted by Crippen LogP contribution is 2.11. The SMILES string of the molecule is C=CCS(=O)(=O)c1ccc(C)cc1.O=C(O)O. The van der Waals surface area contributed by atoms with Crippen molar-refractivity contribution in [2.75, 3.05) is 5.75 Å². The highest BCUT2D eigenvalue weighted by Gasteiger charge is 2.10. The smallest absolute Gasteiger partial charge is 0.450 e. The van der Waals surface area contributed by atoms with Gasteiger partial charge in [0, 0.05) is 0 Å². The number of aryl methyl sites for hydroxylation is 1. The number of carbonyl (C=O) groups is 1. The molecule has 0 aliphatic heterocycles. The van der Waals surface area contributed by atoms with E-state index in [1.54, 1.807) is 24.3 Å². The fraction of sp³-hybridized carbons (Fsp3) is 0.182. The minimum Gasteiger partial charge on any atom is -0.450 e. The van der Waals surface area contributed by atoms with Crippen molar-refractivity contribution in [1.29, 1.82) is 0 Å². The standard InChI is InChI=1S/C10H12O2S.CH2O3/c1-3-8-13(11,12)10-6-4-9(2)5-7-10;2-1(3)4/h3-7H,1,8H2,2H3;(H2,2,3,4). The van der Waals surface area contributed by atoms with Crippen LogP contribution in [0.3, 0.4) is 0 Å². The van der Waals surface area contributed by atoms with Crippen LogP contribution in [-0.2, 0) is 9.84 Å². The molecule has 94 valence electrons. The molecule has 0 heterocycles. The molecule has 5 nitrogen and oxygen atoms in total. The first-order valence-electron chi connectivity index (χ1n) is 4.62. The Morgan fingerprint density at radius 2 is 1.71 bits per heavy atom. The third kappa shape index (κ3) is 6.36. The Balaban J connectivity index is 0.000000557. The predicted octanol–water partition coefficient (Wildman–Crippen LogP) is 2.18. The molecule has 0 amide bonds. The van der Waals surface area contributed by atoms with E-state index in [1.807, 2.05) is 6.92 Å². The maximum Gasteiger partial charge on any atom is 0.503 e. The van der Waals surface area contributed by atoms with Gasteiger partial charge in [0.2, 0.25) is 0 Å². The summed E-state index contributed by atoms with van der Waals surface area (Å²) in [5.41, 5.74) is 1.05. The van der Waals surface area contributed by atoms with Gasteiger partial charge in [-0.2, -0.15) is 0 Å². The first-order chi connectivity index (χ1) is 7.79. The number of hydrogen-bond donors (Lipinski definition) is 2. The van der Waals surface area contributed by atoms with Crippen LogP contribution >= 0.6 is 0 Å². The number of carboxylic acid groups (broad SMARTS) is 2. The molecule has 6 heteroatoms. The van der Waals surface area contributed by atoms with Crippen LogP contribution in [-0.4, -0.2) is 30.5 Å². The summed E-state index contributed by atoms with van der Waals surface area (Å²) in [5.74, 6) is -0.00391. The number of sulfone groups is 1. The number of rotatable bonds is 3. The molecule has 0 fully saturated rings. The lowest BCUT2D eigenvalue weighted by Crippen LogP contribution is -2.03. The zero-order valence-electron chi connectivity index (χ0n) is 9.33. The summed E-state index contributed by atoms with van der Waals surface area (Å²) in [6.45, 7) is 5.33. The predicted molar refractivity (Wildman–Crippen MR) is 64.1 cm³/mol. The molecule has 0 saturated carbocycles. The summed E-state index contributed by atoms with van der Waals surface area (Å²) in [7, 11) is -3.15. The van der Waals surface area contributed by atoms with Crippen LogP contribution in [0.15, 0.2) is 41.8 Å². The fourth-order valence-electron chi connectivity index (χ4n) is 0.997. The summed E-state index contributed by atoms with van der Waals surface area (Å²) in [6, 6.07) is 6.81. The van der Waals surface area contributed by atoms with Gasteiger partial charge in [0.1, 0.15) is 0 Å². The van der Waals surface area contributed by atoms with Gasteiger partial charge in [0.15, 0.2) is 9.84 Å². The molecular formula is C11H14O5S. The second-order valence-electron chi connectivity index (χ2n) is 3.17. The topological polar surface area (TPSA) is 91.7 Å². The van der Waals surface area contributed by atoms with E-state index < -0.39 is 16.0 Å². The van der Waals surface area contributed by atoms with E-state index in [1.165, 1.54) is 6.08 Å². The molecule has 1 aromatic carbocycles. The first kappa shape index (κ1) is 15.2. The Kier molecular flexibility index (Phi) is 5.98. The van der Waals surface area contributed by atoms with Gasteiger partial charge in [0.05, 0.1) is 10.6 Å². The minimum atomic E-state index is -3.15. The highest BCUT2D eigenvalue weighted by atomic mass is 32.2. The minimum absolute atomic E-state index is 0.00391. The molecule has 0 bridgehead atoms. The van der Waals surface area contributed by atoms with Gasteiger partial charge in [-0.3, -0.25) is 0 Å². The molecule has 0 aliphatic carbocycles. The lowest BCUT2D eigenvalue weighted by Gasteiger charge is -2.00. The third-order valence-corrected chi connectivity index (χ3v) is 3.38. The molecule has 1 aromatic rings. The Morgan fingerprint density at radius 3 is 2.06 bits per heavy atom. The normalized spacial score (nSPS) is 9.94. The van der Waals surface area contributed by atoms with E-state index in [2.05, 4.69) is 6.58 Å². The van der Waals surface area contributed by atoms with Gasteiger partial charge in [-0.05, 0) is 19.1 Å². The Morgan fingerprint density at radius 1 is 1.29 bits per heavy atom. The van der Waals surface area contributed by atoms with Crippen molar-refractivity contribution in [3.05, 3.63) is 42.5 Å². The molecule has 0 unspecified atom stereocenters. The third-order valence-electron chi connectivity index (χ3n) is 1.72. The van der Waals surface area contributed by atoms with Crippen LogP contribution in [0.25, 0.3) is 0 Å². The average molecular weight is 258 g/mol. The Labute approximate surface area is 99.9 Å². The maximum atomic E-state index is 11.5. The molecule has 1 rings (SSSR count). The molecule has 0 saturated heterocycles. The largest absolute Gasteiger partial charge is 0.503 e. The van der Waals surface area contributed by atoms with Gasteiger partial charge in [-0.15, -0.1) is 6.58 Å². The van der Waals surface area contributed by atoms with E-state index in [9.17, 15) is 8.42 Å². The van der Waals surface area contributed by atoms with E-state index in [4.69, 9.17) is 15.0 Å². The van der Waals surface area contributed by atoms with Crippen molar-refractivity contribution in [2.24, 2.45) is 0 Å². The van der Waals surface area contributed by atoms with E-state index in [0.29, 0.717) is 4.90 Å². The van der Waals surface area contributed by atoms with E-state index >= 15 is 0 Å². The molecule has 0 atom stereocenters. The highest BCUT2D eigenvalue weighted by molar-refractivity contribution is 7.91. The van der Waals surface area contributed by atoms with Crippen molar-refractivity contribution in [3.63, 3.8) is 0 Å². The molecule has 2 N–H and O–H groups in total. The molecule has 0 aliphatic rings. The van der Waals surface area contributed by atoms with Crippen LogP contribution in [0, 0.1) is 6.92 Å². The lowest BCUT2D eigenvalue weighted by molar-refractivity contribution is 0.137.